The van der Waals surface area contributed by atoms with E-state index in [9.17, 15) is 4.79 Å². The molecule has 0 aliphatic rings. The van der Waals surface area contributed by atoms with Crippen LogP contribution in [0.5, 0.6) is 0 Å². The highest BCUT2D eigenvalue weighted by atomic mass is 16.1. The molecule has 7 nitrogen and oxygen atoms in total. The Kier molecular flexibility index (Phi) is 7.21. The molecule has 0 aliphatic heterocycles. The molecule has 2 aromatic rings. The third-order valence-corrected chi connectivity index (χ3v) is 3.89. The molecule has 7 heteroatoms. The lowest BCUT2D eigenvalue weighted by Crippen LogP contribution is -2.24. The van der Waals surface area contributed by atoms with Gasteiger partial charge in [0.2, 0.25) is 5.91 Å². The van der Waals surface area contributed by atoms with Crippen LogP contribution in [0.25, 0.3) is 0 Å². The topological polar surface area (TPSA) is 117 Å². The minimum absolute atomic E-state index is 0.0295. The van der Waals surface area contributed by atoms with Crippen LogP contribution < -0.4 is 16.4 Å². The lowest BCUT2D eigenvalue weighted by molar-refractivity contribution is -0.114. The molecule has 1 heterocycles. The molecule has 0 bridgehead atoms. The zero-order valence-corrected chi connectivity index (χ0v) is 16.0. The molecule has 0 fully saturated rings. The molecule has 2 rings (SSSR count). The van der Waals surface area contributed by atoms with Crippen LogP contribution in [0.4, 0.5) is 17.3 Å². The van der Waals surface area contributed by atoms with E-state index in [0.29, 0.717) is 22.6 Å². The summed E-state index contributed by atoms with van der Waals surface area (Å²) in [6.07, 6.45) is 8.17. The molecule has 1 aromatic heterocycles. The highest BCUT2D eigenvalue weighted by molar-refractivity contribution is 6.17. The van der Waals surface area contributed by atoms with Crippen LogP contribution in [0.1, 0.15) is 18.1 Å². The van der Waals surface area contributed by atoms with Crippen molar-refractivity contribution in [2.24, 2.45) is 0 Å². The van der Waals surface area contributed by atoms with E-state index in [0.717, 1.165) is 5.56 Å². The molecule has 0 aliphatic carbocycles. The first kappa shape index (κ1) is 20.6. The predicted octanol–water partition coefficient (Wildman–Crippen LogP) is 3.47. The van der Waals surface area contributed by atoms with Gasteiger partial charge in [0.05, 0.1) is 17.8 Å². The molecule has 0 unspecified atom stereocenters. The van der Waals surface area contributed by atoms with Gasteiger partial charge in [-0.05, 0) is 31.6 Å². The van der Waals surface area contributed by atoms with Crippen LogP contribution in [0.3, 0.4) is 0 Å². The van der Waals surface area contributed by atoms with E-state index in [1.165, 1.54) is 6.33 Å². The van der Waals surface area contributed by atoms with Crippen molar-refractivity contribution in [3.63, 3.8) is 0 Å². The van der Waals surface area contributed by atoms with Crippen LogP contribution in [0, 0.1) is 12.3 Å². The molecule has 0 saturated heterocycles. The number of benzene rings is 1. The highest BCUT2D eigenvalue weighted by Gasteiger charge is 2.17. The second kappa shape index (κ2) is 9.82. The van der Waals surface area contributed by atoms with Crippen molar-refractivity contribution in [2.45, 2.75) is 13.8 Å². The number of carbonyl (C=O) groups excluding carboxylic acids is 1. The maximum absolute atomic E-state index is 12.2. The lowest BCUT2D eigenvalue weighted by Gasteiger charge is -2.14. The van der Waals surface area contributed by atoms with Gasteiger partial charge in [0.1, 0.15) is 18.0 Å². The Balaban J connectivity index is 2.15. The summed E-state index contributed by atoms with van der Waals surface area (Å²) in [7, 11) is 0. The Morgan fingerprint density at radius 3 is 2.64 bits per heavy atom. The zero-order valence-electron chi connectivity index (χ0n) is 16.0. The Morgan fingerprint density at radius 2 is 2.00 bits per heavy atom. The Morgan fingerprint density at radius 1 is 1.29 bits per heavy atom. The fourth-order valence-electron chi connectivity index (χ4n) is 2.43. The number of anilines is 3. The second-order valence-electron chi connectivity index (χ2n) is 5.96. The van der Waals surface area contributed by atoms with E-state index in [1.807, 2.05) is 38.1 Å². The normalized spacial score (nSPS) is 11.3. The summed E-state index contributed by atoms with van der Waals surface area (Å²) in [6.45, 7) is 7.40. The summed E-state index contributed by atoms with van der Waals surface area (Å²) in [5.41, 5.74) is 8.93. The van der Waals surface area contributed by atoms with Crippen molar-refractivity contribution in [1.29, 1.82) is 5.41 Å². The SMILES string of the molecule is C=C/C=C\C(=C/C)C(=N)c1c(N)ncnc1NCC(=O)Nc1ccc(C)cc1. The highest BCUT2D eigenvalue weighted by Crippen LogP contribution is 2.22. The molecule has 0 spiro atoms. The molecular weight excluding hydrogens is 352 g/mol. The fraction of sp³-hybridized carbons (Fsp3) is 0.143. The number of aryl methyl sites for hydroxylation is 1. The number of carbonyl (C=O) groups is 1. The van der Waals surface area contributed by atoms with Crippen molar-refractivity contribution < 1.29 is 4.79 Å². The first-order chi connectivity index (χ1) is 13.5. The van der Waals surface area contributed by atoms with Crippen molar-refractivity contribution in [2.75, 3.05) is 22.9 Å². The van der Waals surface area contributed by atoms with Crippen LogP contribution in [-0.4, -0.2) is 28.1 Å². The summed E-state index contributed by atoms with van der Waals surface area (Å²) in [4.78, 5) is 20.4. The summed E-state index contributed by atoms with van der Waals surface area (Å²) in [5, 5.41) is 14.2. The number of hydrogen-bond acceptors (Lipinski definition) is 6. The van der Waals surface area contributed by atoms with Crippen LogP contribution in [0.2, 0.25) is 0 Å². The third-order valence-electron chi connectivity index (χ3n) is 3.89. The number of nitrogens with one attached hydrogen (secondary N) is 3. The van der Waals surface area contributed by atoms with Gasteiger partial charge in [-0.1, -0.05) is 48.6 Å². The molecule has 0 atom stereocenters. The molecule has 1 aromatic carbocycles. The fourth-order valence-corrected chi connectivity index (χ4v) is 2.43. The quantitative estimate of drug-likeness (QED) is 0.416. The van der Waals surface area contributed by atoms with Gasteiger partial charge in [0.15, 0.2) is 0 Å². The van der Waals surface area contributed by atoms with E-state index in [4.69, 9.17) is 11.1 Å². The van der Waals surface area contributed by atoms with Crippen molar-refractivity contribution >= 4 is 28.9 Å². The number of hydrogen-bond donors (Lipinski definition) is 4. The Labute approximate surface area is 164 Å². The third kappa shape index (κ3) is 5.38. The van der Waals surface area contributed by atoms with Gasteiger partial charge in [-0.15, -0.1) is 0 Å². The number of nitrogens with zero attached hydrogens (tertiary/aromatic N) is 2. The number of amides is 1. The molecule has 5 N–H and O–H groups in total. The van der Waals surface area contributed by atoms with E-state index in [2.05, 4.69) is 27.2 Å². The maximum Gasteiger partial charge on any atom is 0.243 e. The number of aromatic nitrogens is 2. The smallest absolute Gasteiger partial charge is 0.243 e. The van der Waals surface area contributed by atoms with Crippen LogP contribution in [-0.2, 0) is 4.79 Å². The standard InChI is InChI=1S/C21H24N6O/c1-4-6-7-15(5-2)19(22)18-20(23)25-13-26-21(18)24-12-17(28)27-16-10-8-14(3)9-11-16/h4-11,13,22H,1,12H2,2-3H3,(H,27,28)(H3,23,24,25,26)/b7-6-,15-5+,22-19?. The molecule has 0 saturated carbocycles. The first-order valence-corrected chi connectivity index (χ1v) is 8.71. The Hall–Kier alpha value is -3.74. The number of allylic oxidation sites excluding steroid dienone is 5. The van der Waals surface area contributed by atoms with Crippen LogP contribution >= 0.6 is 0 Å². The molecule has 1 amide bonds. The van der Waals surface area contributed by atoms with Crippen LogP contribution in [0.15, 0.2) is 67.0 Å². The average molecular weight is 376 g/mol. The zero-order chi connectivity index (χ0) is 20.5. The second-order valence-corrected chi connectivity index (χ2v) is 5.96. The minimum Gasteiger partial charge on any atom is -0.383 e. The largest absolute Gasteiger partial charge is 0.383 e. The Bertz CT molecular complexity index is 928. The van der Waals surface area contributed by atoms with Gasteiger partial charge in [0.25, 0.3) is 0 Å². The van der Waals surface area contributed by atoms with Crippen molar-refractivity contribution in [1.82, 2.24) is 9.97 Å². The predicted molar refractivity (Wildman–Crippen MR) is 115 cm³/mol. The minimum atomic E-state index is -0.240. The first-order valence-electron chi connectivity index (χ1n) is 8.71. The van der Waals surface area contributed by atoms with Gasteiger partial charge in [-0.3, -0.25) is 10.2 Å². The summed E-state index contributed by atoms with van der Waals surface area (Å²) in [5.74, 6) is 0.243. The van der Waals surface area contributed by atoms with E-state index < -0.39 is 0 Å². The summed E-state index contributed by atoms with van der Waals surface area (Å²) in [6, 6.07) is 7.51. The van der Waals surface area contributed by atoms with Gasteiger partial charge >= 0.3 is 0 Å². The van der Waals surface area contributed by atoms with Crippen molar-refractivity contribution in [3.05, 3.63) is 78.2 Å². The van der Waals surface area contributed by atoms with E-state index in [1.54, 1.807) is 24.3 Å². The van der Waals surface area contributed by atoms with E-state index in [-0.39, 0.29) is 24.0 Å². The van der Waals surface area contributed by atoms with Gasteiger partial charge in [0, 0.05) is 5.69 Å². The number of nitrogens with two attached hydrogens (primary N) is 1. The number of rotatable bonds is 8. The number of nitrogen functional groups attached to an aromatic ring is 1. The molecule has 0 radical (unpaired) electrons. The van der Waals surface area contributed by atoms with Gasteiger partial charge in [-0.25, -0.2) is 9.97 Å². The molecule has 28 heavy (non-hydrogen) atoms. The van der Waals surface area contributed by atoms with Gasteiger partial charge in [-0.2, -0.15) is 0 Å². The maximum atomic E-state index is 12.2. The average Bonchev–Trinajstić information content (AvgIpc) is 2.68. The lowest BCUT2D eigenvalue weighted by atomic mass is 10.0. The monoisotopic (exact) mass is 376 g/mol. The van der Waals surface area contributed by atoms with Gasteiger partial charge < -0.3 is 16.4 Å². The molecule has 144 valence electrons. The van der Waals surface area contributed by atoms with Crippen molar-refractivity contribution in [3.8, 4) is 0 Å². The molecular formula is C21H24N6O. The summed E-state index contributed by atoms with van der Waals surface area (Å²) < 4.78 is 0. The van der Waals surface area contributed by atoms with E-state index >= 15 is 0 Å². The summed E-state index contributed by atoms with van der Waals surface area (Å²) >= 11 is 0.